The third-order valence-corrected chi connectivity index (χ3v) is 5.06. The van der Waals surface area contributed by atoms with Gasteiger partial charge in [-0.05, 0) is 35.9 Å². The summed E-state index contributed by atoms with van der Waals surface area (Å²) in [4.78, 5) is 19.8. The number of hydrogen-bond donors (Lipinski definition) is 1. The van der Waals surface area contributed by atoms with Gasteiger partial charge in [-0.15, -0.1) is 11.8 Å². The zero-order valence-electron chi connectivity index (χ0n) is 12.6. The van der Waals surface area contributed by atoms with E-state index in [4.69, 9.17) is 11.6 Å². The van der Waals surface area contributed by atoms with Crippen LogP contribution in [0.3, 0.4) is 0 Å². The maximum absolute atomic E-state index is 12.7. The Morgan fingerprint density at radius 1 is 1.35 bits per heavy atom. The first-order valence-electron chi connectivity index (χ1n) is 7.52. The normalized spacial score (nSPS) is 18.0. The number of carbonyl (C=O) groups is 1. The molecule has 4 nitrogen and oxygen atoms in total. The Balaban J connectivity index is 1.65. The highest BCUT2D eigenvalue weighted by molar-refractivity contribution is 8.00. The minimum Gasteiger partial charge on any atom is -0.332 e. The molecular formula is C17H18ClN3OS. The second-order valence-corrected chi connectivity index (χ2v) is 6.82. The molecule has 23 heavy (non-hydrogen) atoms. The number of aromatic nitrogens is 1. The summed E-state index contributed by atoms with van der Waals surface area (Å²) >= 11 is 7.43. The zero-order valence-corrected chi connectivity index (χ0v) is 14.2. The Morgan fingerprint density at radius 2 is 2.17 bits per heavy atom. The fraction of sp³-hybridized carbons (Fsp3) is 0.294. The molecule has 2 aromatic rings. The molecule has 1 aromatic heterocycles. The maximum atomic E-state index is 12.7. The third kappa shape index (κ3) is 4.25. The van der Waals surface area contributed by atoms with Crippen molar-refractivity contribution in [3.63, 3.8) is 0 Å². The molecule has 1 atom stereocenters. The van der Waals surface area contributed by atoms with Crippen molar-refractivity contribution in [3.8, 4) is 0 Å². The van der Waals surface area contributed by atoms with Crippen LogP contribution in [0.15, 0.2) is 53.7 Å². The van der Waals surface area contributed by atoms with E-state index in [-0.39, 0.29) is 11.9 Å². The highest BCUT2D eigenvalue weighted by Gasteiger charge is 2.27. The molecule has 1 N–H and O–H groups in total. The fourth-order valence-electron chi connectivity index (χ4n) is 2.63. The summed E-state index contributed by atoms with van der Waals surface area (Å²) in [7, 11) is 0. The molecule has 1 amide bonds. The van der Waals surface area contributed by atoms with E-state index in [1.54, 1.807) is 18.0 Å². The second-order valence-electron chi connectivity index (χ2n) is 5.34. The van der Waals surface area contributed by atoms with Crippen molar-refractivity contribution in [2.75, 3.05) is 25.4 Å². The van der Waals surface area contributed by atoms with Gasteiger partial charge in [0.15, 0.2) is 0 Å². The van der Waals surface area contributed by atoms with E-state index >= 15 is 0 Å². The first kappa shape index (κ1) is 16.3. The molecule has 0 radical (unpaired) electrons. The van der Waals surface area contributed by atoms with Gasteiger partial charge in [0.05, 0.1) is 11.8 Å². The van der Waals surface area contributed by atoms with E-state index in [0.717, 1.165) is 30.1 Å². The number of piperazine rings is 1. The van der Waals surface area contributed by atoms with E-state index in [9.17, 15) is 4.79 Å². The van der Waals surface area contributed by atoms with Gasteiger partial charge in [0.2, 0.25) is 5.91 Å². The molecule has 1 aromatic carbocycles. The van der Waals surface area contributed by atoms with Gasteiger partial charge in [-0.2, -0.15) is 0 Å². The molecule has 0 saturated carbocycles. The van der Waals surface area contributed by atoms with Crippen LogP contribution in [0, 0.1) is 0 Å². The first-order valence-corrected chi connectivity index (χ1v) is 8.89. The molecule has 1 saturated heterocycles. The van der Waals surface area contributed by atoms with Crippen LogP contribution in [0.25, 0.3) is 0 Å². The van der Waals surface area contributed by atoms with E-state index < -0.39 is 0 Å². The summed E-state index contributed by atoms with van der Waals surface area (Å²) in [5.41, 5.74) is 1.07. The average molecular weight is 348 g/mol. The van der Waals surface area contributed by atoms with Crippen LogP contribution in [-0.2, 0) is 4.79 Å². The molecule has 0 spiro atoms. The highest BCUT2D eigenvalue weighted by atomic mass is 35.5. The molecule has 120 valence electrons. The Bertz CT molecular complexity index is 651. The SMILES string of the molecule is O=C(CSc1ccc(Cl)cc1)N1CCNCC1c1cccnc1. The van der Waals surface area contributed by atoms with Gasteiger partial charge >= 0.3 is 0 Å². The van der Waals surface area contributed by atoms with Gasteiger partial charge in [0.25, 0.3) is 0 Å². The van der Waals surface area contributed by atoms with Crippen molar-refractivity contribution >= 4 is 29.3 Å². The number of pyridine rings is 1. The number of thioether (sulfide) groups is 1. The molecule has 2 heterocycles. The van der Waals surface area contributed by atoms with E-state index in [0.29, 0.717) is 10.8 Å². The Kier molecular flexibility index (Phi) is 5.54. The minimum absolute atomic E-state index is 0.0516. The fourth-order valence-corrected chi connectivity index (χ4v) is 3.54. The second kappa shape index (κ2) is 7.81. The number of rotatable bonds is 4. The topological polar surface area (TPSA) is 45.2 Å². The van der Waals surface area contributed by atoms with Gasteiger partial charge in [-0.1, -0.05) is 17.7 Å². The summed E-state index contributed by atoms with van der Waals surface area (Å²) in [5.74, 6) is 0.582. The quantitative estimate of drug-likeness (QED) is 0.864. The van der Waals surface area contributed by atoms with E-state index in [2.05, 4.69) is 10.3 Å². The summed E-state index contributed by atoms with van der Waals surface area (Å²) in [5, 5.41) is 4.06. The first-order chi connectivity index (χ1) is 11.2. The number of hydrogen-bond acceptors (Lipinski definition) is 4. The molecule has 1 unspecified atom stereocenters. The van der Waals surface area contributed by atoms with Gasteiger partial charge in [-0.25, -0.2) is 0 Å². The number of nitrogens with zero attached hydrogens (tertiary/aromatic N) is 2. The Morgan fingerprint density at radius 3 is 2.91 bits per heavy atom. The van der Waals surface area contributed by atoms with Crippen LogP contribution in [0.2, 0.25) is 5.02 Å². The van der Waals surface area contributed by atoms with E-state index in [1.807, 2.05) is 47.5 Å². The number of amides is 1. The number of nitrogens with one attached hydrogen (secondary N) is 1. The average Bonchev–Trinajstić information content (AvgIpc) is 2.62. The molecule has 0 bridgehead atoms. The molecule has 3 rings (SSSR count). The van der Waals surface area contributed by atoms with Crippen molar-refractivity contribution < 1.29 is 4.79 Å². The molecule has 0 aliphatic carbocycles. The molecule has 6 heteroatoms. The van der Waals surface area contributed by atoms with Crippen LogP contribution in [0.4, 0.5) is 0 Å². The molecule has 1 fully saturated rings. The highest BCUT2D eigenvalue weighted by Crippen LogP contribution is 2.25. The summed E-state index contributed by atoms with van der Waals surface area (Å²) < 4.78 is 0. The van der Waals surface area contributed by atoms with Crippen LogP contribution < -0.4 is 5.32 Å². The monoisotopic (exact) mass is 347 g/mol. The molecular weight excluding hydrogens is 330 g/mol. The smallest absolute Gasteiger partial charge is 0.233 e. The lowest BCUT2D eigenvalue weighted by Crippen LogP contribution is -2.49. The van der Waals surface area contributed by atoms with Crippen LogP contribution in [0.1, 0.15) is 11.6 Å². The zero-order chi connectivity index (χ0) is 16.1. The number of halogens is 1. The lowest BCUT2D eigenvalue weighted by molar-refractivity contribution is -0.131. The molecule has 1 aliphatic heterocycles. The number of benzene rings is 1. The van der Waals surface area contributed by atoms with Crippen molar-refractivity contribution in [1.29, 1.82) is 0 Å². The van der Waals surface area contributed by atoms with Gasteiger partial charge < -0.3 is 10.2 Å². The Hall–Kier alpha value is -1.56. The Labute approximate surface area is 145 Å². The van der Waals surface area contributed by atoms with Gasteiger partial charge in [-0.3, -0.25) is 9.78 Å². The van der Waals surface area contributed by atoms with Gasteiger partial charge in [0, 0.05) is 41.9 Å². The summed E-state index contributed by atoms with van der Waals surface area (Å²) in [6, 6.07) is 11.6. The maximum Gasteiger partial charge on any atom is 0.233 e. The lowest BCUT2D eigenvalue weighted by Gasteiger charge is -2.36. The van der Waals surface area contributed by atoms with Crippen molar-refractivity contribution in [3.05, 3.63) is 59.4 Å². The number of carbonyl (C=O) groups excluding carboxylic acids is 1. The lowest BCUT2D eigenvalue weighted by atomic mass is 10.1. The van der Waals surface area contributed by atoms with E-state index in [1.165, 1.54) is 0 Å². The largest absolute Gasteiger partial charge is 0.332 e. The predicted octanol–water partition coefficient (Wildman–Crippen LogP) is 3.00. The summed E-state index contributed by atoms with van der Waals surface area (Å²) in [6.45, 7) is 2.32. The molecule has 1 aliphatic rings. The van der Waals surface area contributed by atoms with Crippen molar-refractivity contribution in [1.82, 2.24) is 15.2 Å². The standard InChI is InChI=1S/C17H18ClN3OS/c18-14-3-5-15(6-4-14)23-12-17(22)21-9-8-20-11-16(21)13-2-1-7-19-10-13/h1-7,10,16,20H,8-9,11-12H2. The third-order valence-electron chi connectivity index (χ3n) is 3.81. The van der Waals surface area contributed by atoms with Crippen molar-refractivity contribution in [2.24, 2.45) is 0 Å². The van der Waals surface area contributed by atoms with Crippen LogP contribution in [0.5, 0.6) is 0 Å². The van der Waals surface area contributed by atoms with Crippen LogP contribution in [-0.4, -0.2) is 41.2 Å². The minimum atomic E-state index is 0.0516. The van der Waals surface area contributed by atoms with Crippen molar-refractivity contribution in [2.45, 2.75) is 10.9 Å². The van der Waals surface area contributed by atoms with Crippen LogP contribution >= 0.6 is 23.4 Å². The summed E-state index contributed by atoms with van der Waals surface area (Å²) in [6.07, 6.45) is 3.59. The van der Waals surface area contributed by atoms with Gasteiger partial charge in [0.1, 0.15) is 0 Å². The predicted molar refractivity (Wildman–Crippen MR) is 93.7 cm³/mol.